The Balaban J connectivity index is 0.000000592. The van der Waals surface area contributed by atoms with E-state index >= 15 is 0 Å². The Morgan fingerprint density at radius 3 is 1.44 bits per heavy atom. The van der Waals surface area contributed by atoms with Crippen LogP contribution >= 0.6 is 22.6 Å². The smallest absolute Gasteiger partial charge is 0.366 e. The summed E-state index contributed by atoms with van der Waals surface area (Å²) in [5.41, 5.74) is 5.91. The van der Waals surface area contributed by atoms with Gasteiger partial charge in [-0.3, -0.25) is 5.92 Å². The monoisotopic (exact) mass is 727 g/mol. The fourth-order valence-corrected chi connectivity index (χ4v) is 3.82. The SMILES string of the molecule is CN(C)Cc1[c-]c(CN(C)C)ccc1.[C-]#Cc1cc(CN(C)C)c(I)c(CN(C)C)c1.[Pt+2]. The van der Waals surface area contributed by atoms with Crippen LogP contribution in [-0.4, -0.2) is 76.0 Å². The molecule has 2 aromatic carbocycles. The molecular formula is C26H37IN4Pt. The molecule has 2 rings (SSSR count). The van der Waals surface area contributed by atoms with Crippen LogP contribution in [0.5, 0.6) is 0 Å². The van der Waals surface area contributed by atoms with Gasteiger partial charge in [0.2, 0.25) is 0 Å². The quantitative estimate of drug-likeness (QED) is 0.232. The van der Waals surface area contributed by atoms with Crippen molar-refractivity contribution in [1.29, 1.82) is 0 Å². The Labute approximate surface area is 224 Å². The first-order valence-electron chi connectivity index (χ1n) is 10.3. The van der Waals surface area contributed by atoms with Crippen molar-refractivity contribution in [3.63, 3.8) is 0 Å². The first kappa shape index (κ1) is 31.3. The summed E-state index contributed by atoms with van der Waals surface area (Å²) in [5, 5.41) is 0. The van der Waals surface area contributed by atoms with Crippen molar-refractivity contribution in [2.24, 2.45) is 0 Å². The molecule has 0 aromatic heterocycles. The number of nitrogens with zero attached hydrogens (tertiary/aromatic N) is 4. The topological polar surface area (TPSA) is 13.0 Å². The molecule has 0 spiro atoms. The molecular weight excluding hydrogens is 690 g/mol. The third kappa shape index (κ3) is 12.5. The van der Waals surface area contributed by atoms with Gasteiger partial charge in [-0.25, -0.2) is 0 Å². The van der Waals surface area contributed by atoms with Crippen LogP contribution in [0.3, 0.4) is 0 Å². The predicted octanol–water partition coefficient (Wildman–Crippen LogP) is 3.96. The van der Waals surface area contributed by atoms with Gasteiger partial charge < -0.3 is 26.0 Å². The molecule has 32 heavy (non-hydrogen) atoms. The largest absolute Gasteiger partial charge is 2.00 e. The summed E-state index contributed by atoms with van der Waals surface area (Å²) in [6.45, 7) is 3.71. The molecule has 4 nitrogen and oxygen atoms in total. The first-order chi connectivity index (χ1) is 14.5. The maximum absolute atomic E-state index is 7.29. The minimum absolute atomic E-state index is 0. The van der Waals surface area contributed by atoms with E-state index in [-0.39, 0.29) is 21.1 Å². The second-order valence-electron chi connectivity index (χ2n) is 8.89. The molecule has 0 N–H and O–H groups in total. The van der Waals surface area contributed by atoms with Crippen LogP contribution in [-0.2, 0) is 47.2 Å². The summed E-state index contributed by atoms with van der Waals surface area (Å²) < 4.78 is 1.30. The minimum atomic E-state index is 0. The van der Waals surface area contributed by atoms with Crippen molar-refractivity contribution in [2.75, 3.05) is 56.4 Å². The molecule has 6 heteroatoms. The number of benzene rings is 2. The maximum atomic E-state index is 7.29. The van der Waals surface area contributed by atoms with E-state index in [0.29, 0.717) is 0 Å². The van der Waals surface area contributed by atoms with E-state index in [9.17, 15) is 0 Å². The second-order valence-corrected chi connectivity index (χ2v) is 9.96. The molecule has 178 valence electrons. The van der Waals surface area contributed by atoms with Gasteiger partial charge >= 0.3 is 21.1 Å². The molecule has 0 atom stereocenters. The summed E-state index contributed by atoms with van der Waals surface area (Å²) in [4.78, 5) is 8.60. The van der Waals surface area contributed by atoms with Crippen molar-refractivity contribution < 1.29 is 21.1 Å². The number of hydrogen-bond acceptors (Lipinski definition) is 4. The average Bonchev–Trinajstić information content (AvgIpc) is 2.63. The zero-order chi connectivity index (χ0) is 23.6. The van der Waals surface area contributed by atoms with Crippen LogP contribution in [0.25, 0.3) is 0 Å². The summed E-state index contributed by atoms with van der Waals surface area (Å²) in [5.74, 6) is 2.49. The fraction of sp³-hybridized carbons (Fsp3) is 0.462. The average molecular weight is 728 g/mol. The van der Waals surface area contributed by atoms with Gasteiger partial charge in [0.15, 0.2) is 0 Å². The Morgan fingerprint density at radius 1 is 0.750 bits per heavy atom. The van der Waals surface area contributed by atoms with Crippen LogP contribution < -0.4 is 0 Å². The van der Waals surface area contributed by atoms with E-state index in [1.54, 1.807) is 0 Å². The minimum Gasteiger partial charge on any atom is -0.366 e. The van der Waals surface area contributed by atoms with Crippen LogP contribution in [0.4, 0.5) is 0 Å². The van der Waals surface area contributed by atoms with Gasteiger partial charge in [0.1, 0.15) is 0 Å². The second kappa shape index (κ2) is 16.0. The van der Waals surface area contributed by atoms with Gasteiger partial charge in [-0.05, 0) is 90.1 Å². The molecule has 0 radical (unpaired) electrons. The van der Waals surface area contributed by atoms with Gasteiger partial charge in [-0.2, -0.15) is 24.3 Å². The van der Waals surface area contributed by atoms with Gasteiger partial charge in [0.05, 0.1) is 0 Å². The summed E-state index contributed by atoms with van der Waals surface area (Å²) >= 11 is 2.40. The standard InChI is InChI=1S/C14H18IN2.C12H19N2.Pt/c1-6-11-7-12(9-16(2)3)14(15)13(8-11)10-17(4)5;1-13(2)9-11-6-5-7-12(8-11)10-14(3)4;/h7-8H,9-10H2,2-5H3;5-7H,9-10H2,1-4H3;/q2*-1;+2. The summed E-state index contributed by atoms with van der Waals surface area (Å²) in [6.07, 6.45) is 7.29. The zero-order valence-corrected chi connectivity index (χ0v) is 25.1. The van der Waals surface area contributed by atoms with E-state index in [0.717, 1.165) is 31.7 Å². The molecule has 0 unspecified atom stereocenters. The normalized spacial score (nSPS) is 10.8. The molecule has 0 saturated carbocycles. The third-order valence-corrected chi connectivity index (χ3v) is 5.62. The predicted molar refractivity (Wildman–Crippen MR) is 140 cm³/mol. The van der Waals surface area contributed by atoms with E-state index in [2.05, 4.69) is 129 Å². The fourth-order valence-electron chi connectivity index (χ4n) is 3.17. The first-order valence-corrected chi connectivity index (χ1v) is 11.4. The van der Waals surface area contributed by atoms with Crippen LogP contribution in [0.1, 0.15) is 27.8 Å². The number of halogens is 1. The molecule has 0 aliphatic heterocycles. The number of hydrogen-bond donors (Lipinski definition) is 0. The Kier molecular flexibility index (Phi) is 15.6. The molecule has 0 aliphatic carbocycles. The van der Waals surface area contributed by atoms with Gasteiger partial charge in [0, 0.05) is 29.7 Å². The molecule has 0 saturated heterocycles. The molecule has 0 aliphatic rings. The Hall–Kier alpha value is -0.742. The molecule has 0 heterocycles. The van der Waals surface area contributed by atoms with Crippen LogP contribution in [0.2, 0.25) is 0 Å². The molecule has 2 aromatic rings. The van der Waals surface area contributed by atoms with Crippen molar-refractivity contribution in [1.82, 2.24) is 19.6 Å². The van der Waals surface area contributed by atoms with Crippen molar-refractivity contribution in [3.05, 3.63) is 74.2 Å². The van der Waals surface area contributed by atoms with Crippen molar-refractivity contribution in [2.45, 2.75) is 26.2 Å². The molecule has 0 bridgehead atoms. The Morgan fingerprint density at radius 2 is 1.12 bits per heavy atom. The van der Waals surface area contributed by atoms with Gasteiger partial charge in [-0.15, -0.1) is 28.8 Å². The third-order valence-electron chi connectivity index (χ3n) is 4.23. The van der Waals surface area contributed by atoms with E-state index < -0.39 is 0 Å². The Bertz CT molecular complexity index is 801. The van der Waals surface area contributed by atoms with E-state index in [1.807, 2.05) is 12.1 Å². The van der Waals surface area contributed by atoms with E-state index in [1.165, 1.54) is 25.8 Å². The van der Waals surface area contributed by atoms with Crippen molar-refractivity contribution >= 4 is 22.6 Å². The van der Waals surface area contributed by atoms with Crippen LogP contribution in [0, 0.1) is 22.0 Å². The molecule has 0 fully saturated rings. The zero-order valence-electron chi connectivity index (χ0n) is 20.7. The van der Waals surface area contributed by atoms with Gasteiger partial charge in [0.25, 0.3) is 0 Å². The summed E-state index contributed by atoms with van der Waals surface area (Å²) in [7, 11) is 16.5. The van der Waals surface area contributed by atoms with E-state index in [4.69, 9.17) is 6.42 Å². The van der Waals surface area contributed by atoms with Crippen LogP contribution in [0.15, 0.2) is 30.3 Å². The number of rotatable bonds is 8. The summed E-state index contributed by atoms with van der Waals surface area (Å²) in [6, 6.07) is 13.9. The molecule has 0 amide bonds. The van der Waals surface area contributed by atoms with Crippen molar-refractivity contribution in [3.8, 4) is 5.92 Å². The maximum Gasteiger partial charge on any atom is 2.00 e. The van der Waals surface area contributed by atoms with Gasteiger partial charge in [-0.1, -0.05) is 0 Å².